The van der Waals surface area contributed by atoms with E-state index in [9.17, 15) is 0 Å². The van der Waals surface area contributed by atoms with E-state index in [0.717, 1.165) is 37.6 Å². The number of aliphatic hydroxyl groups excluding tert-OH is 2. The predicted molar refractivity (Wildman–Crippen MR) is 61.9 cm³/mol. The maximum absolute atomic E-state index is 8.09. The number of hydrogen-bond acceptors (Lipinski definition) is 5. The molecule has 0 atom stereocenters. The van der Waals surface area contributed by atoms with E-state index in [-0.39, 0.29) is 13.2 Å². The van der Waals surface area contributed by atoms with Gasteiger partial charge in [-0.1, -0.05) is 0 Å². The fourth-order valence-corrected chi connectivity index (χ4v) is 0.713. The van der Waals surface area contributed by atoms with Gasteiger partial charge in [0, 0.05) is 24.7 Å². The van der Waals surface area contributed by atoms with E-state index in [2.05, 4.69) is 25.3 Å². The molecular formula is C8H20O3S2. The van der Waals surface area contributed by atoms with Crippen LogP contribution in [-0.2, 0) is 4.74 Å². The first-order valence-electron chi connectivity index (χ1n) is 4.34. The summed E-state index contributed by atoms with van der Waals surface area (Å²) in [5.74, 6) is 1.60. The van der Waals surface area contributed by atoms with Crippen LogP contribution in [0.15, 0.2) is 0 Å². The molecule has 0 rings (SSSR count). The summed E-state index contributed by atoms with van der Waals surface area (Å²) in [6.07, 6.45) is 1.44. The van der Waals surface area contributed by atoms with E-state index in [0.29, 0.717) is 0 Å². The largest absolute Gasteiger partial charge is 0.396 e. The number of thiol groups is 2. The molecule has 5 heteroatoms. The van der Waals surface area contributed by atoms with Crippen molar-refractivity contribution in [2.75, 3.05) is 37.9 Å². The first-order chi connectivity index (χ1) is 6.33. The van der Waals surface area contributed by atoms with Crippen LogP contribution in [0.1, 0.15) is 12.8 Å². The van der Waals surface area contributed by atoms with Gasteiger partial charge in [0.05, 0.1) is 13.2 Å². The van der Waals surface area contributed by atoms with Crippen LogP contribution in [-0.4, -0.2) is 48.1 Å². The van der Waals surface area contributed by atoms with Crippen molar-refractivity contribution in [2.45, 2.75) is 12.8 Å². The summed E-state index contributed by atoms with van der Waals surface area (Å²) >= 11 is 7.89. The first kappa shape index (κ1) is 16.0. The lowest BCUT2D eigenvalue weighted by Gasteiger charge is -1.94. The second-order valence-corrected chi connectivity index (χ2v) is 3.11. The standard InChI is InChI=1S/C4H10O2.C4H10OS2/c5-3-1-2-4-6;6-3-1-5-2-4-7/h5-6H,1-4H2;6-7H,1-4H2. The Kier molecular flexibility index (Phi) is 22.7. The molecule has 0 aliphatic heterocycles. The van der Waals surface area contributed by atoms with Gasteiger partial charge in [-0.15, -0.1) is 0 Å². The van der Waals surface area contributed by atoms with E-state index in [1.54, 1.807) is 0 Å². The first-order valence-corrected chi connectivity index (χ1v) is 5.61. The molecule has 0 saturated heterocycles. The zero-order valence-corrected chi connectivity index (χ0v) is 9.64. The van der Waals surface area contributed by atoms with Gasteiger partial charge in [0.2, 0.25) is 0 Å². The molecule has 0 aliphatic rings. The SMILES string of the molecule is OCCCCO.SCCOCCS. The molecule has 2 N–H and O–H groups in total. The minimum atomic E-state index is 0.195. The van der Waals surface area contributed by atoms with Crippen molar-refractivity contribution in [1.29, 1.82) is 0 Å². The molecule has 0 heterocycles. The molecule has 0 bridgehead atoms. The summed E-state index contributed by atoms with van der Waals surface area (Å²) in [6.45, 7) is 1.87. The quantitative estimate of drug-likeness (QED) is 0.381. The third-order valence-electron chi connectivity index (χ3n) is 1.04. The predicted octanol–water partition coefficient (Wildman–Crippen LogP) is 0.614. The van der Waals surface area contributed by atoms with Crippen molar-refractivity contribution in [2.24, 2.45) is 0 Å². The van der Waals surface area contributed by atoms with Gasteiger partial charge < -0.3 is 14.9 Å². The number of aliphatic hydroxyl groups is 2. The topological polar surface area (TPSA) is 49.7 Å². The third-order valence-corrected chi connectivity index (χ3v) is 1.40. The number of unbranched alkanes of at least 4 members (excludes halogenated alkanes) is 1. The number of ether oxygens (including phenoxy) is 1. The Morgan fingerprint density at radius 2 is 1.23 bits per heavy atom. The van der Waals surface area contributed by atoms with Gasteiger partial charge in [0.1, 0.15) is 0 Å². The van der Waals surface area contributed by atoms with Crippen LogP contribution in [0.25, 0.3) is 0 Å². The molecule has 13 heavy (non-hydrogen) atoms. The highest BCUT2D eigenvalue weighted by Gasteiger charge is 1.78. The summed E-state index contributed by atoms with van der Waals surface area (Å²) in [5, 5.41) is 16.2. The zero-order chi connectivity index (χ0) is 10.4. The highest BCUT2D eigenvalue weighted by atomic mass is 32.1. The lowest BCUT2D eigenvalue weighted by molar-refractivity contribution is 0.167. The Morgan fingerprint density at radius 3 is 1.46 bits per heavy atom. The zero-order valence-electron chi connectivity index (χ0n) is 7.85. The van der Waals surface area contributed by atoms with Crippen molar-refractivity contribution in [3.8, 4) is 0 Å². The molecule has 3 nitrogen and oxygen atoms in total. The maximum atomic E-state index is 8.09. The molecular weight excluding hydrogens is 208 g/mol. The Bertz CT molecular complexity index is 66.4. The molecule has 0 amide bonds. The van der Waals surface area contributed by atoms with Gasteiger partial charge in [-0.05, 0) is 12.8 Å². The smallest absolute Gasteiger partial charge is 0.0554 e. The van der Waals surface area contributed by atoms with Crippen molar-refractivity contribution < 1.29 is 14.9 Å². The average molecular weight is 228 g/mol. The van der Waals surface area contributed by atoms with Crippen LogP contribution in [0.4, 0.5) is 0 Å². The van der Waals surface area contributed by atoms with Crippen molar-refractivity contribution in [3.63, 3.8) is 0 Å². The van der Waals surface area contributed by atoms with Gasteiger partial charge in [-0.2, -0.15) is 25.3 Å². The summed E-state index contributed by atoms with van der Waals surface area (Å²) < 4.78 is 4.98. The number of hydrogen-bond donors (Lipinski definition) is 4. The van der Waals surface area contributed by atoms with Crippen LogP contribution in [0.3, 0.4) is 0 Å². The van der Waals surface area contributed by atoms with Gasteiger partial charge in [0.25, 0.3) is 0 Å². The number of rotatable bonds is 7. The van der Waals surface area contributed by atoms with Crippen LogP contribution in [0, 0.1) is 0 Å². The summed E-state index contributed by atoms with van der Waals surface area (Å²) in [5.41, 5.74) is 0. The van der Waals surface area contributed by atoms with Crippen molar-refractivity contribution in [1.82, 2.24) is 0 Å². The molecule has 0 unspecified atom stereocenters. The average Bonchev–Trinajstić information content (AvgIpc) is 2.17. The van der Waals surface area contributed by atoms with Gasteiger partial charge >= 0.3 is 0 Å². The minimum absolute atomic E-state index is 0.195. The molecule has 0 radical (unpaired) electrons. The molecule has 82 valence electrons. The molecule has 0 aliphatic carbocycles. The third kappa shape index (κ3) is 24.5. The minimum Gasteiger partial charge on any atom is -0.396 e. The normalized spacial score (nSPS) is 9.23. The molecule has 0 aromatic rings. The maximum Gasteiger partial charge on any atom is 0.0554 e. The molecule has 0 aromatic heterocycles. The molecule has 0 fully saturated rings. The second-order valence-electron chi connectivity index (χ2n) is 2.21. The summed E-state index contributed by atoms with van der Waals surface area (Å²) in [7, 11) is 0. The van der Waals surface area contributed by atoms with Crippen LogP contribution < -0.4 is 0 Å². The van der Waals surface area contributed by atoms with Crippen LogP contribution in [0.5, 0.6) is 0 Å². The fourth-order valence-electron chi connectivity index (χ4n) is 0.455. The summed E-state index contributed by atoms with van der Waals surface area (Å²) in [4.78, 5) is 0. The van der Waals surface area contributed by atoms with E-state index in [1.165, 1.54) is 0 Å². The monoisotopic (exact) mass is 228 g/mol. The second kappa shape index (κ2) is 18.4. The Morgan fingerprint density at radius 1 is 0.846 bits per heavy atom. The highest BCUT2D eigenvalue weighted by Crippen LogP contribution is 1.80. The molecule has 0 aromatic carbocycles. The van der Waals surface area contributed by atoms with Crippen molar-refractivity contribution in [3.05, 3.63) is 0 Å². The van der Waals surface area contributed by atoms with E-state index >= 15 is 0 Å². The highest BCUT2D eigenvalue weighted by molar-refractivity contribution is 7.80. The van der Waals surface area contributed by atoms with Crippen LogP contribution in [0.2, 0.25) is 0 Å². The van der Waals surface area contributed by atoms with E-state index < -0.39 is 0 Å². The van der Waals surface area contributed by atoms with E-state index in [4.69, 9.17) is 14.9 Å². The lowest BCUT2D eigenvalue weighted by atomic mass is 10.3. The Labute approximate surface area is 91.3 Å². The Hall–Kier alpha value is 0.580. The lowest BCUT2D eigenvalue weighted by Crippen LogP contribution is -1.97. The van der Waals surface area contributed by atoms with Gasteiger partial charge in [0.15, 0.2) is 0 Å². The molecule has 0 saturated carbocycles. The fraction of sp³-hybridized carbons (Fsp3) is 1.00. The van der Waals surface area contributed by atoms with Gasteiger partial charge in [-0.25, -0.2) is 0 Å². The van der Waals surface area contributed by atoms with Crippen LogP contribution >= 0.6 is 25.3 Å². The van der Waals surface area contributed by atoms with Gasteiger partial charge in [-0.3, -0.25) is 0 Å². The van der Waals surface area contributed by atoms with Crippen molar-refractivity contribution >= 4 is 25.3 Å². The van der Waals surface area contributed by atoms with E-state index in [1.807, 2.05) is 0 Å². The summed E-state index contributed by atoms with van der Waals surface area (Å²) in [6, 6.07) is 0. The molecule has 0 spiro atoms. The Balaban J connectivity index is 0.